The van der Waals surface area contributed by atoms with Crippen LogP contribution in [-0.2, 0) is 4.79 Å². The number of pyridine rings is 1. The van der Waals surface area contributed by atoms with Crippen molar-refractivity contribution < 1.29 is 18.4 Å². The molecule has 7 heteroatoms. The maximum absolute atomic E-state index is 13.5. The van der Waals surface area contributed by atoms with Gasteiger partial charge in [-0.15, -0.1) is 0 Å². The number of benzene rings is 1. The van der Waals surface area contributed by atoms with E-state index in [-0.39, 0.29) is 12.5 Å². The van der Waals surface area contributed by atoms with E-state index >= 15 is 0 Å². The summed E-state index contributed by atoms with van der Waals surface area (Å²) in [6, 6.07) is 8.81. The summed E-state index contributed by atoms with van der Waals surface area (Å²) >= 11 is 0. The van der Waals surface area contributed by atoms with E-state index in [9.17, 15) is 18.4 Å². The van der Waals surface area contributed by atoms with Gasteiger partial charge >= 0.3 is 0 Å². The Hall–Kier alpha value is -2.83. The van der Waals surface area contributed by atoms with E-state index < -0.39 is 29.3 Å². The molecule has 1 aliphatic rings. The number of aromatic nitrogens is 1. The molecule has 1 aliphatic heterocycles. The number of carbonyl (C=O) groups is 2. The molecule has 2 amide bonds. The molecule has 0 unspecified atom stereocenters. The van der Waals surface area contributed by atoms with Crippen molar-refractivity contribution in [3.8, 4) is 0 Å². The van der Waals surface area contributed by atoms with Gasteiger partial charge < -0.3 is 10.2 Å². The summed E-state index contributed by atoms with van der Waals surface area (Å²) in [6.45, 7) is 0.289. The van der Waals surface area contributed by atoms with Crippen LogP contribution in [0, 0.1) is 11.6 Å². The number of rotatable bonds is 3. The molecule has 2 aromatic rings. The normalized spacial score (nSPS) is 17.1. The first-order chi connectivity index (χ1) is 10.6. The maximum Gasteiger partial charge on any atom is 0.273 e. The molecule has 1 saturated heterocycles. The van der Waals surface area contributed by atoms with Gasteiger partial charge in [-0.1, -0.05) is 18.2 Å². The molecule has 0 aliphatic carbocycles. The number of nitrogens with one attached hydrogen (secondary N) is 1. The SMILES string of the molecule is O=C(N[C@H]1CN(c2ccccc2)C1=O)c1ncc(F)cc1F. The number of amides is 2. The van der Waals surface area contributed by atoms with Gasteiger partial charge in [0.2, 0.25) is 0 Å². The highest BCUT2D eigenvalue weighted by Gasteiger charge is 2.39. The van der Waals surface area contributed by atoms with Crippen LogP contribution in [-0.4, -0.2) is 29.4 Å². The highest BCUT2D eigenvalue weighted by molar-refractivity contribution is 6.07. The van der Waals surface area contributed by atoms with E-state index in [1.165, 1.54) is 4.90 Å². The predicted molar refractivity (Wildman–Crippen MR) is 74.2 cm³/mol. The Morgan fingerprint density at radius 3 is 2.64 bits per heavy atom. The molecular weight excluding hydrogens is 292 g/mol. The van der Waals surface area contributed by atoms with Crippen molar-refractivity contribution in [2.45, 2.75) is 6.04 Å². The second kappa shape index (κ2) is 5.51. The van der Waals surface area contributed by atoms with Gasteiger partial charge in [0.1, 0.15) is 11.9 Å². The minimum absolute atomic E-state index is 0.289. The Morgan fingerprint density at radius 2 is 2.00 bits per heavy atom. The zero-order valence-corrected chi connectivity index (χ0v) is 11.3. The molecule has 0 spiro atoms. The van der Waals surface area contributed by atoms with Crippen LogP contribution in [0.1, 0.15) is 10.5 Å². The summed E-state index contributed by atoms with van der Waals surface area (Å²) in [6.07, 6.45) is 0.747. The van der Waals surface area contributed by atoms with Crippen molar-refractivity contribution >= 4 is 17.5 Å². The summed E-state index contributed by atoms with van der Waals surface area (Å²) in [4.78, 5) is 28.8. The first kappa shape index (κ1) is 14.1. The molecule has 1 aromatic heterocycles. The first-order valence-electron chi connectivity index (χ1n) is 6.54. The zero-order valence-electron chi connectivity index (χ0n) is 11.3. The van der Waals surface area contributed by atoms with Gasteiger partial charge in [0.05, 0.1) is 12.7 Å². The molecule has 112 valence electrons. The molecule has 1 atom stereocenters. The van der Waals surface area contributed by atoms with Crippen molar-refractivity contribution in [2.75, 3.05) is 11.4 Å². The van der Waals surface area contributed by atoms with Crippen LogP contribution < -0.4 is 10.2 Å². The molecule has 0 radical (unpaired) electrons. The number of β-lactam (4-membered cyclic amide) rings is 1. The third kappa shape index (κ3) is 2.52. The van der Waals surface area contributed by atoms with E-state index in [0.717, 1.165) is 11.9 Å². The molecule has 22 heavy (non-hydrogen) atoms. The predicted octanol–water partition coefficient (Wildman–Crippen LogP) is 1.50. The quantitative estimate of drug-likeness (QED) is 0.874. The van der Waals surface area contributed by atoms with Crippen LogP contribution in [0.3, 0.4) is 0 Å². The second-order valence-electron chi connectivity index (χ2n) is 4.79. The van der Waals surface area contributed by atoms with Crippen LogP contribution >= 0.6 is 0 Å². The minimum Gasteiger partial charge on any atom is -0.337 e. The van der Waals surface area contributed by atoms with Gasteiger partial charge in [0.25, 0.3) is 11.8 Å². The fraction of sp³-hybridized carbons (Fsp3) is 0.133. The number of para-hydroxylation sites is 1. The number of hydrogen-bond donors (Lipinski definition) is 1. The van der Waals surface area contributed by atoms with Gasteiger partial charge in [-0.2, -0.15) is 0 Å². The van der Waals surface area contributed by atoms with E-state index in [1.807, 2.05) is 6.07 Å². The molecule has 3 rings (SSSR count). The molecule has 1 N–H and O–H groups in total. The van der Waals surface area contributed by atoms with Crippen molar-refractivity contribution in [1.82, 2.24) is 10.3 Å². The molecule has 0 bridgehead atoms. The summed E-state index contributed by atoms with van der Waals surface area (Å²) in [5, 5.41) is 2.39. The molecule has 2 heterocycles. The minimum atomic E-state index is -1.07. The summed E-state index contributed by atoms with van der Waals surface area (Å²) in [7, 11) is 0. The molecular formula is C15H11F2N3O2. The first-order valence-corrected chi connectivity index (χ1v) is 6.54. The zero-order chi connectivity index (χ0) is 15.7. The third-order valence-electron chi connectivity index (χ3n) is 3.33. The Bertz CT molecular complexity index is 737. The van der Waals surface area contributed by atoms with Gasteiger partial charge in [0, 0.05) is 11.8 Å². The Labute approximate surface area is 124 Å². The van der Waals surface area contributed by atoms with Crippen molar-refractivity contribution in [1.29, 1.82) is 0 Å². The summed E-state index contributed by atoms with van der Waals surface area (Å²) < 4.78 is 26.2. The van der Waals surface area contributed by atoms with E-state index in [4.69, 9.17) is 0 Å². The highest BCUT2D eigenvalue weighted by Crippen LogP contribution is 2.21. The Kier molecular flexibility index (Phi) is 3.54. The molecule has 1 aromatic carbocycles. The number of nitrogens with zero attached hydrogens (tertiary/aromatic N) is 2. The monoisotopic (exact) mass is 303 g/mol. The summed E-state index contributed by atoms with van der Waals surface area (Å²) in [5.41, 5.74) is 0.191. The van der Waals surface area contributed by atoms with Crippen LogP contribution in [0.15, 0.2) is 42.6 Å². The topological polar surface area (TPSA) is 62.3 Å². The molecule has 1 fully saturated rings. The maximum atomic E-state index is 13.5. The van der Waals surface area contributed by atoms with Gasteiger partial charge in [-0.3, -0.25) is 9.59 Å². The smallest absolute Gasteiger partial charge is 0.273 e. The van der Waals surface area contributed by atoms with Gasteiger partial charge in [-0.25, -0.2) is 13.8 Å². The number of hydrogen-bond acceptors (Lipinski definition) is 3. The van der Waals surface area contributed by atoms with E-state index in [0.29, 0.717) is 6.07 Å². The van der Waals surface area contributed by atoms with E-state index in [1.54, 1.807) is 24.3 Å². The molecule has 0 saturated carbocycles. The van der Waals surface area contributed by atoms with Crippen LogP contribution in [0.2, 0.25) is 0 Å². The fourth-order valence-corrected chi connectivity index (χ4v) is 2.18. The number of halogens is 2. The lowest BCUT2D eigenvalue weighted by atomic mass is 10.1. The van der Waals surface area contributed by atoms with Crippen LogP contribution in [0.4, 0.5) is 14.5 Å². The third-order valence-corrected chi connectivity index (χ3v) is 3.33. The molecule has 5 nitrogen and oxygen atoms in total. The lowest BCUT2D eigenvalue weighted by molar-refractivity contribution is -0.124. The average Bonchev–Trinajstić information content (AvgIpc) is 2.51. The lowest BCUT2D eigenvalue weighted by Crippen LogP contribution is -2.64. The largest absolute Gasteiger partial charge is 0.337 e. The highest BCUT2D eigenvalue weighted by atomic mass is 19.1. The van der Waals surface area contributed by atoms with Crippen molar-refractivity contribution in [3.63, 3.8) is 0 Å². The van der Waals surface area contributed by atoms with Crippen molar-refractivity contribution in [3.05, 3.63) is 59.9 Å². The number of carbonyl (C=O) groups excluding carboxylic acids is 2. The van der Waals surface area contributed by atoms with E-state index in [2.05, 4.69) is 10.3 Å². The Morgan fingerprint density at radius 1 is 1.27 bits per heavy atom. The Balaban J connectivity index is 1.66. The second-order valence-corrected chi connectivity index (χ2v) is 4.79. The lowest BCUT2D eigenvalue weighted by Gasteiger charge is -2.38. The van der Waals surface area contributed by atoms with Gasteiger partial charge in [-0.05, 0) is 12.1 Å². The average molecular weight is 303 g/mol. The number of anilines is 1. The summed E-state index contributed by atoms with van der Waals surface area (Å²) in [5.74, 6) is -3.07. The van der Waals surface area contributed by atoms with Crippen LogP contribution in [0.5, 0.6) is 0 Å². The fourth-order valence-electron chi connectivity index (χ4n) is 2.18. The standard InChI is InChI=1S/C15H11F2N3O2/c16-9-6-11(17)13(18-7-9)14(21)19-12-8-20(15(12)22)10-4-2-1-3-5-10/h1-7,12H,8H2,(H,19,21)/t12-/m0/s1. The van der Waals surface area contributed by atoms with Crippen molar-refractivity contribution in [2.24, 2.45) is 0 Å². The van der Waals surface area contributed by atoms with Crippen LogP contribution in [0.25, 0.3) is 0 Å². The van der Waals surface area contributed by atoms with Gasteiger partial charge in [0.15, 0.2) is 11.5 Å².